The number of hydrogen-bond donors (Lipinski definition) is 0. The van der Waals surface area contributed by atoms with E-state index >= 15 is 0 Å². The van der Waals surface area contributed by atoms with Crippen LogP contribution in [0.2, 0.25) is 0 Å². The SMILES string of the molecule is O=C1C2=C(CCC=C2)C(=O)N1CCC1CO1. The summed E-state index contributed by atoms with van der Waals surface area (Å²) in [4.78, 5) is 25.3. The zero-order valence-electron chi connectivity index (χ0n) is 8.94. The number of imide groups is 1. The van der Waals surface area contributed by atoms with Crippen molar-refractivity contribution in [3.8, 4) is 0 Å². The second-order valence-electron chi connectivity index (χ2n) is 4.34. The van der Waals surface area contributed by atoms with E-state index in [2.05, 4.69) is 0 Å². The average Bonchev–Trinajstić information content (AvgIpc) is 3.09. The first kappa shape index (κ1) is 9.78. The van der Waals surface area contributed by atoms with Crippen LogP contribution >= 0.6 is 0 Å². The standard InChI is InChI=1S/C12H13NO3/c14-11-9-3-1-2-4-10(9)12(15)13(11)6-5-8-7-16-8/h1,3,8H,2,4-7H2. The molecule has 0 aromatic carbocycles. The van der Waals surface area contributed by atoms with Crippen molar-refractivity contribution >= 4 is 11.8 Å². The van der Waals surface area contributed by atoms with Crippen LogP contribution in [0.4, 0.5) is 0 Å². The molecule has 1 saturated heterocycles. The van der Waals surface area contributed by atoms with E-state index in [0.29, 0.717) is 24.1 Å². The molecule has 2 heterocycles. The minimum atomic E-state index is -0.128. The van der Waals surface area contributed by atoms with Gasteiger partial charge in [0.25, 0.3) is 11.8 Å². The third kappa shape index (κ3) is 1.50. The van der Waals surface area contributed by atoms with Gasteiger partial charge in [-0.1, -0.05) is 12.2 Å². The first-order valence-corrected chi connectivity index (χ1v) is 5.65. The fourth-order valence-corrected chi connectivity index (χ4v) is 2.20. The molecule has 3 rings (SSSR count). The van der Waals surface area contributed by atoms with E-state index in [9.17, 15) is 9.59 Å². The second-order valence-corrected chi connectivity index (χ2v) is 4.34. The molecular formula is C12H13NO3. The molecular weight excluding hydrogens is 206 g/mol. The lowest BCUT2D eigenvalue weighted by molar-refractivity contribution is -0.137. The second kappa shape index (κ2) is 3.56. The van der Waals surface area contributed by atoms with Gasteiger partial charge in [-0.15, -0.1) is 0 Å². The van der Waals surface area contributed by atoms with Crippen LogP contribution < -0.4 is 0 Å². The summed E-state index contributed by atoms with van der Waals surface area (Å²) in [6, 6.07) is 0. The molecule has 4 heteroatoms. The van der Waals surface area contributed by atoms with Gasteiger partial charge >= 0.3 is 0 Å². The monoisotopic (exact) mass is 219 g/mol. The average molecular weight is 219 g/mol. The van der Waals surface area contributed by atoms with Crippen LogP contribution in [-0.4, -0.2) is 36.0 Å². The first-order valence-electron chi connectivity index (χ1n) is 5.65. The van der Waals surface area contributed by atoms with Crippen molar-refractivity contribution in [2.45, 2.75) is 25.4 Å². The van der Waals surface area contributed by atoms with Crippen LogP contribution in [0.5, 0.6) is 0 Å². The topological polar surface area (TPSA) is 49.9 Å². The number of carbonyl (C=O) groups is 2. The lowest BCUT2D eigenvalue weighted by Crippen LogP contribution is -2.33. The Morgan fingerprint density at radius 3 is 2.88 bits per heavy atom. The summed E-state index contributed by atoms with van der Waals surface area (Å²) in [6.07, 6.45) is 6.32. The Morgan fingerprint density at radius 1 is 1.38 bits per heavy atom. The predicted molar refractivity (Wildman–Crippen MR) is 56.5 cm³/mol. The highest BCUT2D eigenvalue weighted by atomic mass is 16.6. The van der Waals surface area contributed by atoms with Gasteiger partial charge in [0.15, 0.2) is 0 Å². The van der Waals surface area contributed by atoms with Gasteiger partial charge < -0.3 is 4.74 Å². The van der Waals surface area contributed by atoms with Crippen LogP contribution in [0.3, 0.4) is 0 Å². The van der Waals surface area contributed by atoms with Gasteiger partial charge in [0.2, 0.25) is 0 Å². The molecule has 2 amide bonds. The smallest absolute Gasteiger partial charge is 0.261 e. The van der Waals surface area contributed by atoms with E-state index in [4.69, 9.17) is 4.74 Å². The van der Waals surface area contributed by atoms with E-state index < -0.39 is 0 Å². The number of carbonyl (C=O) groups excluding carboxylic acids is 2. The van der Waals surface area contributed by atoms with Crippen molar-refractivity contribution in [1.82, 2.24) is 4.90 Å². The van der Waals surface area contributed by atoms with E-state index in [-0.39, 0.29) is 17.9 Å². The molecule has 1 atom stereocenters. The maximum Gasteiger partial charge on any atom is 0.261 e. The number of amides is 2. The van der Waals surface area contributed by atoms with Crippen molar-refractivity contribution in [3.05, 3.63) is 23.3 Å². The van der Waals surface area contributed by atoms with Crippen LogP contribution in [-0.2, 0) is 14.3 Å². The lowest BCUT2D eigenvalue weighted by Gasteiger charge is -2.13. The Balaban J connectivity index is 1.75. The van der Waals surface area contributed by atoms with Crippen LogP contribution in [0.15, 0.2) is 23.3 Å². The van der Waals surface area contributed by atoms with Crippen LogP contribution in [0.1, 0.15) is 19.3 Å². The van der Waals surface area contributed by atoms with E-state index in [1.807, 2.05) is 6.08 Å². The number of nitrogens with zero attached hydrogens (tertiary/aromatic N) is 1. The van der Waals surface area contributed by atoms with E-state index in [1.165, 1.54) is 4.90 Å². The molecule has 0 spiro atoms. The van der Waals surface area contributed by atoms with E-state index in [1.54, 1.807) is 6.08 Å². The summed E-state index contributed by atoms with van der Waals surface area (Å²) in [7, 11) is 0. The van der Waals surface area contributed by atoms with Gasteiger partial charge in [0, 0.05) is 17.7 Å². The Hall–Kier alpha value is -1.42. The molecule has 1 aliphatic carbocycles. The highest BCUT2D eigenvalue weighted by Gasteiger charge is 2.38. The molecule has 0 bridgehead atoms. The van der Waals surface area contributed by atoms with Crippen molar-refractivity contribution < 1.29 is 14.3 Å². The summed E-state index contributed by atoms with van der Waals surface area (Å²) in [5.41, 5.74) is 1.30. The lowest BCUT2D eigenvalue weighted by atomic mass is 10.00. The predicted octanol–water partition coefficient (Wildman–Crippen LogP) is 0.791. The van der Waals surface area contributed by atoms with Gasteiger partial charge in [-0.05, 0) is 19.3 Å². The first-order chi connectivity index (χ1) is 7.77. The molecule has 0 aromatic rings. The fourth-order valence-electron chi connectivity index (χ4n) is 2.20. The highest BCUT2D eigenvalue weighted by Crippen LogP contribution is 2.29. The van der Waals surface area contributed by atoms with Crippen molar-refractivity contribution in [1.29, 1.82) is 0 Å². The molecule has 1 fully saturated rings. The molecule has 84 valence electrons. The zero-order valence-corrected chi connectivity index (χ0v) is 8.94. The van der Waals surface area contributed by atoms with Crippen molar-refractivity contribution in [2.75, 3.05) is 13.2 Å². The summed E-state index contributed by atoms with van der Waals surface area (Å²) in [5, 5.41) is 0. The summed E-state index contributed by atoms with van der Waals surface area (Å²) < 4.78 is 5.08. The molecule has 2 aliphatic heterocycles. The van der Waals surface area contributed by atoms with Gasteiger partial charge in [-0.2, -0.15) is 0 Å². The quantitative estimate of drug-likeness (QED) is 0.521. The van der Waals surface area contributed by atoms with Crippen molar-refractivity contribution in [3.63, 3.8) is 0 Å². The summed E-state index contributed by atoms with van der Waals surface area (Å²) in [5.74, 6) is -0.221. The number of ether oxygens (including phenoxy) is 1. The van der Waals surface area contributed by atoms with Gasteiger partial charge in [0.1, 0.15) is 0 Å². The molecule has 0 radical (unpaired) electrons. The Bertz CT molecular complexity index is 418. The minimum Gasteiger partial charge on any atom is -0.373 e. The molecule has 1 unspecified atom stereocenters. The Kier molecular flexibility index (Phi) is 2.17. The minimum absolute atomic E-state index is 0.0926. The highest BCUT2D eigenvalue weighted by molar-refractivity contribution is 6.20. The molecule has 4 nitrogen and oxygen atoms in total. The maximum atomic E-state index is 12.0. The molecule has 16 heavy (non-hydrogen) atoms. The third-order valence-electron chi connectivity index (χ3n) is 3.23. The zero-order chi connectivity index (χ0) is 11.1. The van der Waals surface area contributed by atoms with Crippen LogP contribution in [0.25, 0.3) is 0 Å². The van der Waals surface area contributed by atoms with E-state index in [0.717, 1.165) is 19.4 Å². The van der Waals surface area contributed by atoms with Crippen LogP contribution in [0, 0.1) is 0 Å². The summed E-state index contributed by atoms with van der Waals surface area (Å²) >= 11 is 0. The fraction of sp³-hybridized carbons (Fsp3) is 0.500. The normalized spacial score (nSPS) is 27.8. The number of rotatable bonds is 3. The maximum absolute atomic E-state index is 12.0. The number of epoxide rings is 1. The van der Waals surface area contributed by atoms with Crippen molar-refractivity contribution in [2.24, 2.45) is 0 Å². The molecule has 3 aliphatic rings. The molecule has 0 aromatic heterocycles. The Labute approximate surface area is 93.6 Å². The summed E-state index contributed by atoms with van der Waals surface area (Å²) in [6.45, 7) is 1.26. The number of allylic oxidation sites excluding steroid dienone is 1. The molecule has 0 N–H and O–H groups in total. The van der Waals surface area contributed by atoms with Gasteiger partial charge in [-0.25, -0.2) is 0 Å². The molecule has 0 saturated carbocycles. The largest absolute Gasteiger partial charge is 0.373 e. The van der Waals surface area contributed by atoms with Gasteiger partial charge in [0.05, 0.1) is 12.7 Å². The van der Waals surface area contributed by atoms with Gasteiger partial charge in [-0.3, -0.25) is 14.5 Å². The Morgan fingerprint density at radius 2 is 2.19 bits per heavy atom. The third-order valence-corrected chi connectivity index (χ3v) is 3.23. The number of hydrogen-bond acceptors (Lipinski definition) is 3.